The zero-order chi connectivity index (χ0) is 13.7. The summed E-state index contributed by atoms with van der Waals surface area (Å²) < 4.78 is 5.23. The van der Waals surface area contributed by atoms with E-state index in [4.69, 9.17) is 4.74 Å². The number of aromatic amines is 1. The van der Waals surface area contributed by atoms with Crippen LogP contribution in [0.3, 0.4) is 0 Å². The van der Waals surface area contributed by atoms with Gasteiger partial charge in [-0.3, -0.25) is 15.4 Å². The molecule has 0 aliphatic heterocycles. The van der Waals surface area contributed by atoms with E-state index in [-0.39, 0.29) is 5.69 Å². The van der Waals surface area contributed by atoms with Crippen molar-refractivity contribution in [3.05, 3.63) is 58.3 Å². The second-order valence-corrected chi connectivity index (χ2v) is 3.85. The minimum Gasteiger partial charge on any atom is -0.496 e. The highest BCUT2D eigenvalue weighted by atomic mass is 16.6. The largest absolute Gasteiger partial charge is 0.496 e. The number of rotatable bonds is 5. The van der Waals surface area contributed by atoms with Gasteiger partial charge >= 0.3 is 11.5 Å². The fraction of sp³-hybridized carbons (Fsp3) is 0.154. The SMILES string of the molecule is COc1ccccc1CNc1[nH+]cccc1[N+](=O)[O-]. The fourth-order valence-electron chi connectivity index (χ4n) is 1.75. The number of nitrogens with one attached hydrogen (secondary N) is 2. The van der Waals surface area contributed by atoms with Gasteiger partial charge in [0, 0.05) is 11.6 Å². The number of ether oxygens (including phenoxy) is 1. The third kappa shape index (κ3) is 2.98. The van der Waals surface area contributed by atoms with Crippen LogP contribution in [0.1, 0.15) is 5.56 Å². The molecular weight excluding hydrogens is 246 g/mol. The van der Waals surface area contributed by atoms with E-state index in [1.807, 2.05) is 24.3 Å². The molecule has 0 radical (unpaired) electrons. The van der Waals surface area contributed by atoms with Gasteiger partial charge in [-0.05, 0) is 12.1 Å². The Labute approximate surface area is 110 Å². The van der Waals surface area contributed by atoms with Crippen LogP contribution in [0.5, 0.6) is 5.75 Å². The minimum atomic E-state index is -0.430. The summed E-state index contributed by atoms with van der Waals surface area (Å²) in [7, 11) is 1.59. The van der Waals surface area contributed by atoms with Crippen LogP contribution in [0.2, 0.25) is 0 Å². The maximum absolute atomic E-state index is 10.9. The molecule has 0 saturated heterocycles. The van der Waals surface area contributed by atoms with Gasteiger partial charge < -0.3 is 4.74 Å². The molecule has 0 unspecified atom stereocenters. The third-order valence-corrected chi connectivity index (χ3v) is 2.68. The topological polar surface area (TPSA) is 78.5 Å². The molecule has 6 nitrogen and oxygen atoms in total. The first-order valence-electron chi connectivity index (χ1n) is 5.73. The molecule has 0 spiro atoms. The van der Waals surface area contributed by atoms with Gasteiger partial charge in [-0.2, -0.15) is 0 Å². The quantitative estimate of drug-likeness (QED) is 0.659. The maximum atomic E-state index is 10.9. The van der Waals surface area contributed by atoms with Gasteiger partial charge in [-0.1, -0.05) is 18.2 Å². The second kappa shape index (κ2) is 5.81. The molecule has 0 saturated carbocycles. The summed E-state index contributed by atoms with van der Waals surface area (Å²) in [5.41, 5.74) is 0.939. The molecule has 1 aromatic carbocycles. The van der Waals surface area contributed by atoms with E-state index in [1.54, 1.807) is 19.4 Å². The molecule has 1 aromatic heterocycles. The first-order chi connectivity index (χ1) is 9.22. The number of nitro groups is 1. The molecule has 2 N–H and O–H groups in total. The summed E-state index contributed by atoms with van der Waals surface area (Å²) in [6.45, 7) is 0.436. The van der Waals surface area contributed by atoms with Gasteiger partial charge in [0.2, 0.25) is 0 Å². The summed E-state index contributed by atoms with van der Waals surface area (Å²) in [5.74, 6) is 1.12. The zero-order valence-electron chi connectivity index (χ0n) is 10.4. The van der Waals surface area contributed by atoms with Crippen molar-refractivity contribution >= 4 is 11.5 Å². The van der Waals surface area contributed by atoms with Gasteiger partial charge in [-0.15, -0.1) is 0 Å². The number of benzene rings is 1. The smallest absolute Gasteiger partial charge is 0.357 e. The molecule has 0 bridgehead atoms. The van der Waals surface area contributed by atoms with Crippen LogP contribution in [0.25, 0.3) is 0 Å². The molecule has 0 aliphatic rings. The lowest BCUT2D eigenvalue weighted by Gasteiger charge is -2.06. The Morgan fingerprint density at radius 2 is 2.11 bits per heavy atom. The van der Waals surface area contributed by atoms with Crippen molar-refractivity contribution in [1.82, 2.24) is 0 Å². The predicted octanol–water partition coefficient (Wildman–Crippen LogP) is 2.03. The summed E-state index contributed by atoms with van der Waals surface area (Å²) in [6, 6.07) is 10.6. The lowest BCUT2D eigenvalue weighted by Crippen LogP contribution is -2.14. The van der Waals surface area contributed by atoms with Crippen LogP contribution in [0.4, 0.5) is 11.5 Å². The number of para-hydroxylation sites is 1. The van der Waals surface area contributed by atoms with E-state index in [0.29, 0.717) is 12.4 Å². The Hall–Kier alpha value is -2.63. The van der Waals surface area contributed by atoms with Gasteiger partial charge in [0.15, 0.2) is 0 Å². The molecule has 98 valence electrons. The van der Waals surface area contributed by atoms with Crippen molar-refractivity contribution in [2.75, 3.05) is 12.4 Å². The van der Waals surface area contributed by atoms with E-state index in [9.17, 15) is 10.1 Å². The first kappa shape index (κ1) is 12.8. The highest BCUT2D eigenvalue weighted by Crippen LogP contribution is 2.21. The number of methoxy groups -OCH3 is 1. The predicted molar refractivity (Wildman–Crippen MR) is 70.0 cm³/mol. The van der Waals surface area contributed by atoms with E-state index < -0.39 is 4.92 Å². The standard InChI is InChI=1S/C13H13N3O3/c1-19-12-7-3-2-5-10(12)9-15-13-11(16(17)18)6-4-8-14-13/h2-8H,9H2,1H3,(H,14,15)/p+1. The van der Waals surface area contributed by atoms with E-state index in [0.717, 1.165) is 11.3 Å². The van der Waals surface area contributed by atoms with Crippen molar-refractivity contribution in [1.29, 1.82) is 0 Å². The van der Waals surface area contributed by atoms with Crippen molar-refractivity contribution in [3.63, 3.8) is 0 Å². The van der Waals surface area contributed by atoms with Crippen molar-refractivity contribution < 1.29 is 14.6 Å². The van der Waals surface area contributed by atoms with E-state index in [2.05, 4.69) is 10.3 Å². The maximum Gasteiger partial charge on any atom is 0.357 e. The molecular formula is C13H14N3O3+. The number of anilines is 1. The zero-order valence-corrected chi connectivity index (χ0v) is 10.4. The number of hydrogen-bond acceptors (Lipinski definition) is 4. The minimum absolute atomic E-state index is 0.0115. The van der Waals surface area contributed by atoms with Crippen LogP contribution in [-0.2, 0) is 6.54 Å². The van der Waals surface area contributed by atoms with E-state index >= 15 is 0 Å². The summed E-state index contributed by atoms with van der Waals surface area (Å²) in [4.78, 5) is 13.3. The van der Waals surface area contributed by atoms with Gasteiger partial charge in [0.05, 0.1) is 18.2 Å². The van der Waals surface area contributed by atoms with Crippen molar-refractivity contribution in [3.8, 4) is 5.75 Å². The molecule has 0 fully saturated rings. The van der Waals surface area contributed by atoms with Crippen LogP contribution in [0, 0.1) is 10.1 Å². The Balaban J connectivity index is 2.17. The summed E-state index contributed by atoms with van der Waals surface area (Å²) in [6.07, 6.45) is 1.64. The monoisotopic (exact) mass is 260 g/mol. The normalized spacial score (nSPS) is 9.95. The molecule has 2 rings (SSSR count). The highest BCUT2D eigenvalue weighted by Gasteiger charge is 2.19. The van der Waals surface area contributed by atoms with Crippen molar-refractivity contribution in [2.24, 2.45) is 0 Å². The van der Waals surface area contributed by atoms with Crippen LogP contribution >= 0.6 is 0 Å². The number of H-pyrrole nitrogens is 1. The lowest BCUT2D eigenvalue weighted by molar-refractivity contribution is -0.409. The average Bonchev–Trinajstić information content (AvgIpc) is 2.45. The Kier molecular flexibility index (Phi) is 3.92. The Morgan fingerprint density at radius 3 is 2.84 bits per heavy atom. The number of hydrogen-bond donors (Lipinski definition) is 1. The average molecular weight is 260 g/mol. The molecule has 0 atom stereocenters. The highest BCUT2D eigenvalue weighted by molar-refractivity contribution is 5.51. The van der Waals surface area contributed by atoms with Crippen molar-refractivity contribution in [2.45, 2.75) is 6.54 Å². The third-order valence-electron chi connectivity index (χ3n) is 2.68. The number of nitrogens with zero attached hydrogens (tertiary/aromatic N) is 1. The lowest BCUT2D eigenvalue weighted by atomic mass is 10.2. The summed E-state index contributed by atoms with van der Waals surface area (Å²) in [5, 5.41) is 13.9. The number of aromatic nitrogens is 1. The van der Waals surface area contributed by atoms with Crippen LogP contribution in [-0.4, -0.2) is 12.0 Å². The van der Waals surface area contributed by atoms with Crippen LogP contribution in [0.15, 0.2) is 42.6 Å². The van der Waals surface area contributed by atoms with E-state index in [1.165, 1.54) is 6.07 Å². The molecule has 2 aromatic rings. The second-order valence-electron chi connectivity index (χ2n) is 3.85. The molecule has 6 heteroatoms. The summed E-state index contributed by atoms with van der Waals surface area (Å²) >= 11 is 0. The van der Waals surface area contributed by atoms with Gasteiger partial charge in [0.25, 0.3) is 0 Å². The van der Waals surface area contributed by atoms with Crippen LogP contribution < -0.4 is 15.0 Å². The molecule has 0 aliphatic carbocycles. The fourth-order valence-corrected chi connectivity index (χ4v) is 1.75. The molecule has 1 heterocycles. The molecule has 19 heavy (non-hydrogen) atoms. The Bertz CT molecular complexity index is 587. The van der Waals surface area contributed by atoms with Gasteiger partial charge in [-0.25, -0.2) is 4.98 Å². The first-order valence-corrected chi connectivity index (χ1v) is 5.73. The molecule has 0 amide bonds. The number of pyridine rings is 1. The van der Waals surface area contributed by atoms with Gasteiger partial charge in [0.1, 0.15) is 12.3 Å². The Morgan fingerprint density at radius 1 is 1.32 bits per heavy atom.